The number of benzene rings is 1. The minimum atomic E-state index is -0.365. The Morgan fingerprint density at radius 2 is 2.22 bits per heavy atom. The molecule has 1 unspecified atom stereocenters. The molecular formula is C13H15FN2O2. The van der Waals surface area contributed by atoms with Gasteiger partial charge in [-0.2, -0.15) is 0 Å². The van der Waals surface area contributed by atoms with E-state index in [0.29, 0.717) is 19.4 Å². The van der Waals surface area contributed by atoms with Crippen molar-refractivity contribution in [1.29, 1.82) is 0 Å². The monoisotopic (exact) mass is 250 g/mol. The lowest BCUT2D eigenvalue weighted by Gasteiger charge is -2.28. The summed E-state index contributed by atoms with van der Waals surface area (Å²) >= 11 is 0. The summed E-state index contributed by atoms with van der Waals surface area (Å²) in [5, 5.41) is 3.06. The third-order valence-corrected chi connectivity index (χ3v) is 3.09. The summed E-state index contributed by atoms with van der Waals surface area (Å²) in [5.41, 5.74) is 0.780. The number of halogens is 1. The third kappa shape index (κ3) is 2.73. The van der Waals surface area contributed by atoms with E-state index in [2.05, 4.69) is 5.32 Å². The van der Waals surface area contributed by atoms with Gasteiger partial charge in [-0.1, -0.05) is 12.1 Å². The molecule has 4 nitrogen and oxygen atoms in total. The molecule has 1 saturated heterocycles. The van der Waals surface area contributed by atoms with Crippen LogP contribution in [0.2, 0.25) is 0 Å². The van der Waals surface area contributed by atoms with Crippen LogP contribution in [0.4, 0.5) is 4.39 Å². The molecule has 1 N–H and O–H groups in total. The standard InChI is InChI=1S/C13H15FN2O2/c1-16-12(17)6-5-11(13(16)18)15-8-9-3-2-4-10(14)7-9/h2-4,7,11,15H,5-6,8H2,1H3. The number of imide groups is 1. The Balaban J connectivity index is 1.94. The van der Waals surface area contributed by atoms with E-state index in [1.165, 1.54) is 19.2 Å². The van der Waals surface area contributed by atoms with Crippen LogP contribution in [0.3, 0.4) is 0 Å². The Hall–Kier alpha value is -1.75. The molecule has 5 heteroatoms. The largest absolute Gasteiger partial charge is 0.302 e. The highest BCUT2D eigenvalue weighted by Crippen LogP contribution is 2.12. The van der Waals surface area contributed by atoms with E-state index in [1.807, 2.05) is 0 Å². The van der Waals surface area contributed by atoms with Crippen molar-refractivity contribution in [1.82, 2.24) is 10.2 Å². The van der Waals surface area contributed by atoms with Gasteiger partial charge in [-0.25, -0.2) is 4.39 Å². The van der Waals surface area contributed by atoms with Crippen LogP contribution in [0.1, 0.15) is 18.4 Å². The lowest BCUT2D eigenvalue weighted by atomic mass is 10.0. The molecule has 0 saturated carbocycles. The Kier molecular flexibility index (Phi) is 3.72. The van der Waals surface area contributed by atoms with Crippen LogP contribution in [-0.4, -0.2) is 29.8 Å². The fourth-order valence-corrected chi connectivity index (χ4v) is 1.99. The van der Waals surface area contributed by atoms with E-state index in [0.717, 1.165) is 10.5 Å². The van der Waals surface area contributed by atoms with E-state index in [9.17, 15) is 14.0 Å². The number of likely N-dealkylation sites (N-methyl/N-ethyl adjacent to an activating group) is 1. The van der Waals surface area contributed by atoms with Crippen LogP contribution in [-0.2, 0) is 16.1 Å². The van der Waals surface area contributed by atoms with Crippen molar-refractivity contribution in [3.8, 4) is 0 Å². The lowest BCUT2D eigenvalue weighted by Crippen LogP contribution is -2.51. The van der Waals surface area contributed by atoms with Crippen molar-refractivity contribution in [3.63, 3.8) is 0 Å². The topological polar surface area (TPSA) is 49.4 Å². The number of likely N-dealkylation sites (tertiary alicyclic amines) is 1. The van der Waals surface area contributed by atoms with Crippen LogP contribution in [0, 0.1) is 5.82 Å². The fourth-order valence-electron chi connectivity index (χ4n) is 1.99. The van der Waals surface area contributed by atoms with Gasteiger partial charge in [0.15, 0.2) is 0 Å². The molecule has 96 valence electrons. The average molecular weight is 250 g/mol. The van der Waals surface area contributed by atoms with Crippen LogP contribution >= 0.6 is 0 Å². The second-order valence-corrected chi connectivity index (χ2v) is 4.39. The molecule has 0 aromatic heterocycles. The number of carbonyl (C=O) groups is 2. The number of amides is 2. The van der Waals surface area contributed by atoms with Gasteiger partial charge in [0.05, 0.1) is 6.04 Å². The molecular weight excluding hydrogens is 235 g/mol. The number of rotatable bonds is 3. The number of hydrogen-bond donors (Lipinski definition) is 1. The van der Waals surface area contributed by atoms with Gasteiger partial charge in [0.25, 0.3) is 0 Å². The summed E-state index contributed by atoms with van der Waals surface area (Å²) in [6.45, 7) is 0.413. The van der Waals surface area contributed by atoms with E-state index in [-0.39, 0.29) is 23.7 Å². The molecule has 1 heterocycles. The number of nitrogens with one attached hydrogen (secondary N) is 1. The molecule has 1 aromatic rings. The zero-order valence-corrected chi connectivity index (χ0v) is 10.1. The van der Waals surface area contributed by atoms with Crippen LogP contribution in [0.25, 0.3) is 0 Å². The summed E-state index contributed by atoms with van der Waals surface area (Å²) in [6.07, 6.45) is 0.861. The maximum atomic E-state index is 13.0. The highest BCUT2D eigenvalue weighted by Gasteiger charge is 2.31. The molecule has 1 aliphatic heterocycles. The Bertz CT molecular complexity index is 476. The highest BCUT2D eigenvalue weighted by atomic mass is 19.1. The number of hydrogen-bond acceptors (Lipinski definition) is 3. The zero-order chi connectivity index (χ0) is 13.1. The van der Waals surface area contributed by atoms with Crippen molar-refractivity contribution in [2.75, 3.05) is 7.05 Å². The van der Waals surface area contributed by atoms with Crippen molar-refractivity contribution in [2.24, 2.45) is 0 Å². The molecule has 1 aliphatic rings. The van der Waals surface area contributed by atoms with Crippen LogP contribution < -0.4 is 5.32 Å². The predicted molar refractivity (Wildman–Crippen MR) is 64.0 cm³/mol. The predicted octanol–water partition coefficient (Wildman–Crippen LogP) is 1.06. The quantitative estimate of drug-likeness (QED) is 0.816. The summed E-state index contributed by atoms with van der Waals surface area (Å²) in [5.74, 6) is -0.664. The van der Waals surface area contributed by atoms with Crippen LogP contribution in [0.15, 0.2) is 24.3 Å². The van der Waals surface area contributed by atoms with Crippen LogP contribution in [0.5, 0.6) is 0 Å². The molecule has 1 atom stereocenters. The molecule has 1 fully saturated rings. The van der Waals surface area contributed by atoms with Gasteiger partial charge >= 0.3 is 0 Å². The minimum Gasteiger partial charge on any atom is -0.302 e. The molecule has 1 aromatic carbocycles. The molecule has 0 aliphatic carbocycles. The molecule has 0 radical (unpaired) electrons. The number of carbonyl (C=O) groups excluding carboxylic acids is 2. The van der Waals surface area contributed by atoms with Gasteiger partial charge in [-0.05, 0) is 24.1 Å². The normalized spacial score (nSPS) is 20.3. The van der Waals surface area contributed by atoms with Gasteiger partial charge in [0, 0.05) is 20.0 Å². The Labute approximate surface area is 105 Å². The average Bonchev–Trinajstić information content (AvgIpc) is 2.35. The Morgan fingerprint density at radius 3 is 2.94 bits per heavy atom. The van der Waals surface area contributed by atoms with E-state index in [1.54, 1.807) is 12.1 Å². The smallest absolute Gasteiger partial charge is 0.246 e. The summed E-state index contributed by atoms with van der Waals surface area (Å²) < 4.78 is 13.0. The van der Waals surface area contributed by atoms with E-state index < -0.39 is 0 Å². The molecule has 0 bridgehead atoms. The van der Waals surface area contributed by atoms with Crippen molar-refractivity contribution in [2.45, 2.75) is 25.4 Å². The molecule has 18 heavy (non-hydrogen) atoms. The highest BCUT2D eigenvalue weighted by molar-refractivity contribution is 6.00. The minimum absolute atomic E-state index is 0.149. The first-order valence-corrected chi connectivity index (χ1v) is 5.86. The van der Waals surface area contributed by atoms with E-state index in [4.69, 9.17) is 0 Å². The molecule has 2 amide bonds. The fraction of sp³-hybridized carbons (Fsp3) is 0.385. The van der Waals surface area contributed by atoms with E-state index >= 15 is 0 Å². The first-order valence-electron chi connectivity index (χ1n) is 5.86. The molecule has 0 spiro atoms. The maximum absolute atomic E-state index is 13.0. The first-order chi connectivity index (χ1) is 8.58. The summed E-state index contributed by atoms with van der Waals surface area (Å²) in [4.78, 5) is 24.2. The second-order valence-electron chi connectivity index (χ2n) is 4.39. The number of piperidine rings is 1. The summed E-state index contributed by atoms with van der Waals surface area (Å²) in [6, 6.07) is 5.86. The van der Waals surface area contributed by atoms with Gasteiger partial charge in [-0.15, -0.1) is 0 Å². The number of nitrogens with zero attached hydrogens (tertiary/aromatic N) is 1. The van der Waals surface area contributed by atoms with Gasteiger partial charge in [0.2, 0.25) is 11.8 Å². The third-order valence-electron chi connectivity index (χ3n) is 3.09. The first kappa shape index (κ1) is 12.7. The van der Waals surface area contributed by atoms with Crippen molar-refractivity contribution in [3.05, 3.63) is 35.6 Å². The second kappa shape index (κ2) is 5.27. The van der Waals surface area contributed by atoms with Gasteiger partial charge in [0.1, 0.15) is 5.82 Å². The van der Waals surface area contributed by atoms with Gasteiger partial charge < -0.3 is 5.32 Å². The van der Waals surface area contributed by atoms with Gasteiger partial charge in [-0.3, -0.25) is 14.5 Å². The van der Waals surface area contributed by atoms with Crippen molar-refractivity contribution >= 4 is 11.8 Å². The molecule has 2 rings (SSSR count). The Morgan fingerprint density at radius 1 is 1.44 bits per heavy atom. The maximum Gasteiger partial charge on any atom is 0.246 e. The SMILES string of the molecule is CN1C(=O)CCC(NCc2cccc(F)c2)C1=O. The lowest BCUT2D eigenvalue weighted by molar-refractivity contribution is -0.148. The van der Waals surface area contributed by atoms with Crippen molar-refractivity contribution < 1.29 is 14.0 Å². The zero-order valence-electron chi connectivity index (χ0n) is 10.1. The summed E-state index contributed by atoms with van der Waals surface area (Å²) in [7, 11) is 1.49.